The number of unbranched alkanes of at least 4 members (excludes halogenated alkanes) is 6. The minimum absolute atomic E-state index is 0.0395. The molecular weight excluding hydrogens is 310 g/mol. The molecule has 1 aromatic rings. The molecule has 3 heteroatoms. The van der Waals surface area contributed by atoms with E-state index in [1.807, 2.05) is 0 Å². The Morgan fingerprint density at radius 1 is 0.880 bits per heavy atom. The van der Waals surface area contributed by atoms with E-state index in [1.165, 1.54) is 62.5 Å². The Kier molecular flexibility index (Phi) is 12.7. The van der Waals surface area contributed by atoms with Crippen LogP contribution in [0.4, 0.5) is 0 Å². The Morgan fingerprint density at radius 3 is 2.08 bits per heavy atom. The summed E-state index contributed by atoms with van der Waals surface area (Å²) < 4.78 is 0. The molecule has 0 bridgehead atoms. The molecule has 0 aromatic heterocycles. The van der Waals surface area contributed by atoms with Crippen LogP contribution in [0.15, 0.2) is 24.3 Å². The van der Waals surface area contributed by atoms with Crippen LogP contribution in [-0.4, -0.2) is 29.5 Å². The predicted octanol–water partition coefficient (Wildman–Crippen LogP) is 4.23. The predicted molar refractivity (Wildman–Crippen MR) is 107 cm³/mol. The lowest BCUT2D eigenvalue weighted by Gasteiger charge is -2.18. The first-order valence-electron chi connectivity index (χ1n) is 10.2. The molecule has 3 nitrogen and oxygen atoms in total. The zero-order valence-corrected chi connectivity index (χ0v) is 16.1. The highest BCUT2D eigenvalue weighted by Crippen LogP contribution is 2.15. The minimum Gasteiger partial charge on any atom is -0.396 e. The van der Waals surface area contributed by atoms with Crippen LogP contribution in [0.25, 0.3) is 0 Å². The second-order valence-electron chi connectivity index (χ2n) is 7.45. The highest BCUT2D eigenvalue weighted by molar-refractivity contribution is 5.23. The fourth-order valence-electron chi connectivity index (χ4n) is 3.41. The zero-order valence-electron chi connectivity index (χ0n) is 16.1. The normalized spacial score (nSPS) is 13.8. The van der Waals surface area contributed by atoms with Gasteiger partial charge in [-0.1, -0.05) is 69.7 Å². The number of rotatable bonds is 15. The number of aliphatic hydroxyl groups excluding tert-OH is 2. The van der Waals surface area contributed by atoms with Crippen LogP contribution in [0.2, 0.25) is 0 Å². The summed E-state index contributed by atoms with van der Waals surface area (Å²) >= 11 is 0. The summed E-state index contributed by atoms with van der Waals surface area (Å²) in [6, 6.07) is 8.89. The second kappa shape index (κ2) is 14.3. The molecule has 0 radical (unpaired) electrons. The van der Waals surface area contributed by atoms with Gasteiger partial charge in [-0.2, -0.15) is 0 Å². The van der Waals surface area contributed by atoms with Crippen molar-refractivity contribution in [1.29, 1.82) is 0 Å². The molecule has 0 saturated carbocycles. The molecule has 1 aromatic carbocycles. The summed E-state index contributed by atoms with van der Waals surface area (Å²) in [5, 5.41) is 18.3. The molecule has 0 aliphatic carbocycles. The lowest BCUT2D eigenvalue weighted by Crippen LogP contribution is -2.27. The summed E-state index contributed by atoms with van der Waals surface area (Å²) in [5.74, 6) is 0.108. The average Bonchev–Trinajstić information content (AvgIpc) is 2.62. The standard InChI is InChI=1S/C22H39NO2/c1-2-3-4-5-6-7-8-9-19-10-12-20(13-11-19)16-22(23)17-21(18-25)14-15-24/h10-13,21-22,24-25H,2-9,14-18,23H2,1H3. The van der Waals surface area contributed by atoms with Crippen LogP contribution in [-0.2, 0) is 12.8 Å². The summed E-state index contributed by atoms with van der Waals surface area (Å²) in [6.07, 6.45) is 12.8. The summed E-state index contributed by atoms with van der Waals surface area (Å²) in [7, 11) is 0. The monoisotopic (exact) mass is 349 g/mol. The van der Waals surface area contributed by atoms with Crippen LogP contribution in [0.5, 0.6) is 0 Å². The number of hydrogen-bond donors (Lipinski definition) is 3. The molecule has 1 rings (SSSR count). The Hall–Kier alpha value is -0.900. The van der Waals surface area contributed by atoms with E-state index in [4.69, 9.17) is 10.8 Å². The molecule has 0 aliphatic heterocycles. The molecule has 0 heterocycles. The van der Waals surface area contributed by atoms with E-state index in [9.17, 15) is 5.11 Å². The van der Waals surface area contributed by atoms with Gasteiger partial charge in [0, 0.05) is 19.3 Å². The second-order valence-corrected chi connectivity index (χ2v) is 7.45. The third-order valence-corrected chi connectivity index (χ3v) is 5.02. The van der Waals surface area contributed by atoms with Crippen LogP contribution >= 0.6 is 0 Å². The van der Waals surface area contributed by atoms with Gasteiger partial charge in [0.1, 0.15) is 0 Å². The molecule has 0 fully saturated rings. The summed E-state index contributed by atoms with van der Waals surface area (Å²) in [4.78, 5) is 0. The van der Waals surface area contributed by atoms with E-state index in [-0.39, 0.29) is 25.2 Å². The maximum Gasteiger partial charge on any atom is 0.0460 e. The van der Waals surface area contributed by atoms with Gasteiger partial charge in [0.15, 0.2) is 0 Å². The lowest BCUT2D eigenvalue weighted by molar-refractivity contribution is 0.171. The van der Waals surface area contributed by atoms with Crippen molar-refractivity contribution < 1.29 is 10.2 Å². The van der Waals surface area contributed by atoms with Crippen LogP contribution in [0.1, 0.15) is 75.8 Å². The van der Waals surface area contributed by atoms with E-state index in [0.29, 0.717) is 6.42 Å². The fourth-order valence-corrected chi connectivity index (χ4v) is 3.41. The molecule has 25 heavy (non-hydrogen) atoms. The van der Waals surface area contributed by atoms with Gasteiger partial charge in [0.2, 0.25) is 0 Å². The first-order valence-corrected chi connectivity index (χ1v) is 10.2. The highest BCUT2D eigenvalue weighted by atomic mass is 16.3. The topological polar surface area (TPSA) is 66.5 Å². The summed E-state index contributed by atoms with van der Waals surface area (Å²) in [6.45, 7) is 2.48. The largest absolute Gasteiger partial charge is 0.396 e. The fraction of sp³-hybridized carbons (Fsp3) is 0.727. The first-order chi connectivity index (χ1) is 12.2. The molecular formula is C22H39NO2. The number of aliphatic hydroxyl groups is 2. The zero-order chi connectivity index (χ0) is 18.3. The van der Waals surface area contributed by atoms with Gasteiger partial charge in [0.05, 0.1) is 0 Å². The van der Waals surface area contributed by atoms with Crippen molar-refractivity contribution >= 4 is 0 Å². The van der Waals surface area contributed by atoms with Crippen molar-refractivity contribution in [3.63, 3.8) is 0 Å². The van der Waals surface area contributed by atoms with Crippen LogP contribution < -0.4 is 5.73 Å². The van der Waals surface area contributed by atoms with Gasteiger partial charge in [0.25, 0.3) is 0 Å². The molecule has 0 aliphatic rings. The first kappa shape index (κ1) is 22.1. The molecule has 0 saturated heterocycles. The molecule has 2 unspecified atom stereocenters. The van der Waals surface area contributed by atoms with E-state index in [2.05, 4.69) is 31.2 Å². The SMILES string of the molecule is CCCCCCCCCc1ccc(CC(N)CC(CO)CCO)cc1. The van der Waals surface area contributed by atoms with Gasteiger partial charge < -0.3 is 15.9 Å². The van der Waals surface area contributed by atoms with Crippen molar-refractivity contribution in [3.8, 4) is 0 Å². The Labute approximate surface area is 154 Å². The van der Waals surface area contributed by atoms with Crippen molar-refractivity contribution in [2.75, 3.05) is 13.2 Å². The van der Waals surface area contributed by atoms with Crippen LogP contribution in [0, 0.1) is 5.92 Å². The smallest absolute Gasteiger partial charge is 0.0460 e. The number of hydrogen-bond acceptors (Lipinski definition) is 3. The molecule has 2 atom stereocenters. The van der Waals surface area contributed by atoms with E-state index in [0.717, 1.165) is 12.8 Å². The molecule has 0 amide bonds. The van der Waals surface area contributed by atoms with Crippen molar-refractivity contribution in [1.82, 2.24) is 0 Å². The van der Waals surface area contributed by atoms with E-state index in [1.54, 1.807) is 0 Å². The third-order valence-electron chi connectivity index (χ3n) is 5.02. The molecule has 144 valence electrons. The Morgan fingerprint density at radius 2 is 1.48 bits per heavy atom. The maximum atomic E-state index is 9.30. The Balaban J connectivity index is 2.24. The third kappa shape index (κ3) is 10.6. The summed E-state index contributed by atoms with van der Waals surface area (Å²) in [5.41, 5.74) is 8.88. The lowest BCUT2D eigenvalue weighted by atomic mass is 9.93. The van der Waals surface area contributed by atoms with E-state index < -0.39 is 0 Å². The van der Waals surface area contributed by atoms with Crippen molar-refractivity contribution in [2.45, 2.75) is 83.6 Å². The average molecular weight is 350 g/mol. The van der Waals surface area contributed by atoms with Gasteiger partial charge in [-0.25, -0.2) is 0 Å². The maximum absolute atomic E-state index is 9.30. The Bertz CT molecular complexity index is 419. The van der Waals surface area contributed by atoms with Gasteiger partial charge >= 0.3 is 0 Å². The number of aryl methyl sites for hydroxylation is 1. The van der Waals surface area contributed by atoms with Gasteiger partial charge in [-0.15, -0.1) is 0 Å². The van der Waals surface area contributed by atoms with Crippen molar-refractivity contribution in [3.05, 3.63) is 35.4 Å². The van der Waals surface area contributed by atoms with Gasteiger partial charge in [-0.05, 0) is 49.1 Å². The quantitative estimate of drug-likeness (QED) is 0.415. The molecule has 4 N–H and O–H groups in total. The number of benzene rings is 1. The highest BCUT2D eigenvalue weighted by Gasteiger charge is 2.13. The minimum atomic E-state index is 0.0395. The molecule has 0 spiro atoms. The number of nitrogens with two attached hydrogens (primary N) is 1. The van der Waals surface area contributed by atoms with E-state index >= 15 is 0 Å². The van der Waals surface area contributed by atoms with Gasteiger partial charge in [-0.3, -0.25) is 0 Å². The van der Waals surface area contributed by atoms with Crippen LogP contribution in [0.3, 0.4) is 0 Å². The van der Waals surface area contributed by atoms with Crippen molar-refractivity contribution in [2.24, 2.45) is 11.7 Å².